The van der Waals surface area contributed by atoms with Gasteiger partial charge < -0.3 is 10.4 Å². The molecule has 21 heavy (non-hydrogen) atoms. The highest BCUT2D eigenvalue weighted by Gasteiger charge is 2.10. The topological polar surface area (TPSA) is 49.3 Å². The lowest BCUT2D eigenvalue weighted by Crippen LogP contribution is -2.32. The number of benzene rings is 1. The molecule has 0 saturated carbocycles. The van der Waals surface area contributed by atoms with Crippen molar-refractivity contribution < 1.29 is 9.90 Å². The molecule has 0 bridgehead atoms. The molecule has 3 nitrogen and oxygen atoms in total. The van der Waals surface area contributed by atoms with Crippen LogP contribution >= 0.6 is 0 Å². The van der Waals surface area contributed by atoms with Crippen LogP contribution in [0.3, 0.4) is 0 Å². The van der Waals surface area contributed by atoms with Crippen LogP contribution < -0.4 is 5.32 Å². The van der Waals surface area contributed by atoms with Crippen LogP contribution in [0.2, 0.25) is 0 Å². The van der Waals surface area contributed by atoms with E-state index in [-0.39, 0.29) is 18.6 Å². The number of carbonyl (C=O) groups excluding carboxylic acids is 1. The lowest BCUT2D eigenvalue weighted by atomic mass is 10.0. The molecule has 1 atom stereocenters. The summed E-state index contributed by atoms with van der Waals surface area (Å²) >= 11 is 0. The highest BCUT2D eigenvalue weighted by atomic mass is 16.2. The number of hydrogen-bond donors (Lipinski definition) is 2. The molecular formula is C18H25NO2. The third-order valence-corrected chi connectivity index (χ3v) is 3.15. The first kappa shape index (κ1) is 17.3. The van der Waals surface area contributed by atoms with Crippen LogP contribution in [0.15, 0.2) is 24.3 Å². The molecule has 0 spiro atoms. The van der Waals surface area contributed by atoms with Crippen LogP contribution in [-0.4, -0.2) is 23.7 Å². The van der Waals surface area contributed by atoms with Gasteiger partial charge in [0.25, 0.3) is 5.91 Å². The molecule has 0 aliphatic carbocycles. The van der Waals surface area contributed by atoms with Gasteiger partial charge in [-0.2, -0.15) is 0 Å². The number of carbonyl (C=O) groups is 1. The molecular weight excluding hydrogens is 262 g/mol. The van der Waals surface area contributed by atoms with Crippen molar-refractivity contribution in [3.8, 4) is 11.8 Å². The molecule has 1 amide bonds. The number of aliphatic hydroxyl groups is 1. The maximum Gasteiger partial charge on any atom is 0.251 e. The molecule has 0 radical (unpaired) electrons. The van der Waals surface area contributed by atoms with Crippen LogP contribution in [0, 0.1) is 17.8 Å². The van der Waals surface area contributed by atoms with Gasteiger partial charge >= 0.3 is 0 Å². The predicted molar refractivity (Wildman–Crippen MR) is 86.0 cm³/mol. The fourth-order valence-corrected chi connectivity index (χ4v) is 1.92. The second kappa shape index (κ2) is 9.20. The smallest absolute Gasteiger partial charge is 0.251 e. The van der Waals surface area contributed by atoms with Crippen molar-refractivity contribution >= 4 is 5.91 Å². The van der Waals surface area contributed by atoms with Gasteiger partial charge in [-0.3, -0.25) is 4.79 Å². The van der Waals surface area contributed by atoms with E-state index in [0.29, 0.717) is 17.9 Å². The zero-order chi connectivity index (χ0) is 15.7. The van der Waals surface area contributed by atoms with E-state index < -0.39 is 0 Å². The molecule has 2 N–H and O–H groups in total. The third kappa shape index (κ3) is 6.97. The van der Waals surface area contributed by atoms with E-state index in [1.54, 1.807) is 12.1 Å². The molecule has 1 aromatic rings. The minimum Gasteiger partial charge on any atom is -0.395 e. The van der Waals surface area contributed by atoms with Gasteiger partial charge in [0.1, 0.15) is 0 Å². The van der Waals surface area contributed by atoms with Crippen molar-refractivity contribution in [3.05, 3.63) is 35.4 Å². The number of aliphatic hydroxyl groups excluding tert-OH is 1. The van der Waals surface area contributed by atoms with Crippen molar-refractivity contribution in [2.24, 2.45) is 5.92 Å². The van der Waals surface area contributed by atoms with Crippen LogP contribution in [0.1, 0.15) is 56.0 Å². The summed E-state index contributed by atoms with van der Waals surface area (Å²) < 4.78 is 0. The molecule has 0 fully saturated rings. The summed E-state index contributed by atoms with van der Waals surface area (Å²) in [6.45, 7) is 6.46. The molecule has 1 unspecified atom stereocenters. The minimum atomic E-state index is -0.0583. The Kier molecular flexibility index (Phi) is 7.56. The van der Waals surface area contributed by atoms with E-state index in [2.05, 4.69) is 31.0 Å². The molecule has 0 saturated heterocycles. The van der Waals surface area contributed by atoms with Crippen LogP contribution in [0.4, 0.5) is 0 Å². The van der Waals surface area contributed by atoms with Crippen LogP contribution in [0.25, 0.3) is 0 Å². The zero-order valence-corrected chi connectivity index (χ0v) is 13.1. The monoisotopic (exact) mass is 287 g/mol. The largest absolute Gasteiger partial charge is 0.395 e. The summed E-state index contributed by atoms with van der Waals surface area (Å²) in [5.74, 6) is 6.39. The van der Waals surface area contributed by atoms with Gasteiger partial charge in [-0.1, -0.05) is 31.8 Å². The van der Waals surface area contributed by atoms with Crippen molar-refractivity contribution in [2.75, 3.05) is 6.61 Å². The van der Waals surface area contributed by atoms with Gasteiger partial charge in [-0.25, -0.2) is 0 Å². The maximum absolute atomic E-state index is 12.2. The van der Waals surface area contributed by atoms with Crippen molar-refractivity contribution in [2.45, 2.75) is 46.1 Å². The Balaban J connectivity index is 2.62. The second-order valence-electron chi connectivity index (χ2n) is 5.70. The Morgan fingerprint density at radius 3 is 2.71 bits per heavy atom. The number of rotatable bonds is 6. The molecule has 114 valence electrons. The van der Waals surface area contributed by atoms with Gasteiger partial charge in [0.2, 0.25) is 0 Å². The third-order valence-electron chi connectivity index (χ3n) is 3.15. The molecule has 1 aromatic carbocycles. The molecule has 0 aliphatic rings. The van der Waals surface area contributed by atoms with Gasteiger partial charge in [-0.15, -0.1) is 0 Å². The number of nitrogens with one attached hydrogen (secondary N) is 1. The molecule has 0 aromatic heterocycles. The van der Waals surface area contributed by atoms with E-state index in [1.165, 1.54) is 0 Å². The summed E-state index contributed by atoms with van der Waals surface area (Å²) in [5.41, 5.74) is 1.42. The Morgan fingerprint density at radius 1 is 1.29 bits per heavy atom. The van der Waals surface area contributed by atoms with Crippen LogP contribution in [0.5, 0.6) is 0 Å². The summed E-state index contributed by atoms with van der Waals surface area (Å²) in [6, 6.07) is 7.44. The molecule has 1 rings (SSSR count). The average Bonchev–Trinajstić information content (AvgIpc) is 2.46. The van der Waals surface area contributed by atoms with Crippen molar-refractivity contribution in [3.63, 3.8) is 0 Å². The Bertz CT molecular complexity index is 511. The van der Waals surface area contributed by atoms with Gasteiger partial charge in [-0.05, 0) is 43.9 Å². The standard InChI is InChI=1S/C18H25NO2/c1-14(2)10-11-15(3)19-18(21)17-9-6-8-16(13-17)7-4-5-12-20/h6,8-9,13-15,20H,5,10-12H2,1-3H3,(H,19,21). The predicted octanol–water partition coefficient (Wildman–Crippen LogP) is 2.98. The summed E-state index contributed by atoms with van der Waals surface area (Å²) in [7, 11) is 0. The van der Waals surface area contributed by atoms with E-state index in [1.807, 2.05) is 19.1 Å². The molecule has 3 heteroatoms. The van der Waals surface area contributed by atoms with Crippen LogP contribution in [-0.2, 0) is 0 Å². The summed E-state index contributed by atoms with van der Waals surface area (Å²) in [5, 5.41) is 11.7. The number of amides is 1. The van der Waals surface area contributed by atoms with Gasteiger partial charge in [0, 0.05) is 23.6 Å². The number of hydrogen-bond acceptors (Lipinski definition) is 2. The molecule has 0 aliphatic heterocycles. The first-order chi connectivity index (χ1) is 10.0. The SMILES string of the molecule is CC(C)CCC(C)NC(=O)c1cccc(C#CCCO)c1. The zero-order valence-electron chi connectivity index (χ0n) is 13.1. The summed E-state index contributed by atoms with van der Waals surface area (Å²) in [6.07, 6.45) is 2.54. The average molecular weight is 287 g/mol. The Morgan fingerprint density at radius 2 is 2.05 bits per heavy atom. The van der Waals surface area contributed by atoms with Gasteiger partial charge in [0.15, 0.2) is 0 Å². The lowest BCUT2D eigenvalue weighted by molar-refractivity contribution is 0.0937. The van der Waals surface area contributed by atoms with E-state index in [0.717, 1.165) is 18.4 Å². The quantitative estimate of drug-likeness (QED) is 0.790. The summed E-state index contributed by atoms with van der Waals surface area (Å²) in [4.78, 5) is 12.2. The fraction of sp³-hybridized carbons (Fsp3) is 0.500. The highest BCUT2D eigenvalue weighted by molar-refractivity contribution is 5.94. The first-order valence-corrected chi connectivity index (χ1v) is 7.53. The van der Waals surface area contributed by atoms with Crippen molar-refractivity contribution in [1.29, 1.82) is 0 Å². The first-order valence-electron chi connectivity index (χ1n) is 7.53. The Hall–Kier alpha value is -1.79. The Labute approximate surface area is 127 Å². The lowest BCUT2D eigenvalue weighted by Gasteiger charge is -2.15. The van der Waals surface area contributed by atoms with E-state index in [4.69, 9.17) is 5.11 Å². The second-order valence-corrected chi connectivity index (χ2v) is 5.70. The van der Waals surface area contributed by atoms with E-state index in [9.17, 15) is 4.79 Å². The minimum absolute atomic E-state index is 0.0561. The van der Waals surface area contributed by atoms with E-state index >= 15 is 0 Å². The fourth-order valence-electron chi connectivity index (χ4n) is 1.92. The molecule has 0 heterocycles. The van der Waals surface area contributed by atoms with Crippen molar-refractivity contribution in [1.82, 2.24) is 5.32 Å². The highest BCUT2D eigenvalue weighted by Crippen LogP contribution is 2.08. The normalized spacial score (nSPS) is 11.7. The maximum atomic E-state index is 12.2. The van der Waals surface area contributed by atoms with Gasteiger partial charge in [0.05, 0.1) is 6.61 Å².